The van der Waals surface area contributed by atoms with E-state index in [0.717, 1.165) is 11.1 Å². The van der Waals surface area contributed by atoms with Crippen molar-refractivity contribution in [1.82, 2.24) is 9.78 Å². The summed E-state index contributed by atoms with van der Waals surface area (Å²) in [4.78, 5) is 22.5. The highest BCUT2D eigenvalue weighted by molar-refractivity contribution is 6.00. The molecule has 0 bridgehead atoms. The van der Waals surface area contributed by atoms with E-state index >= 15 is 0 Å². The first kappa shape index (κ1) is 16.1. The van der Waals surface area contributed by atoms with Gasteiger partial charge in [-0.1, -0.05) is 24.3 Å². The Balaban J connectivity index is 1.94. The molecule has 0 aliphatic carbocycles. The van der Waals surface area contributed by atoms with Crippen molar-refractivity contribution in [1.29, 1.82) is 0 Å². The molecule has 2 aromatic carbocycles. The number of carbonyl (C=O) groups is 2. The van der Waals surface area contributed by atoms with Crippen LogP contribution in [0.15, 0.2) is 54.7 Å². The molecule has 3 amide bonds. The fourth-order valence-corrected chi connectivity index (χ4v) is 2.40. The van der Waals surface area contributed by atoms with Gasteiger partial charge in [0.15, 0.2) is 5.69 Å². The monoisotopic (exact) mass is 337 g/mol. The minimum atomic E-state index is -0.818. The van der Waals surface area contributed by atoms with Gasteiger partial charge in [0.1, 0.15) is 5.75 Å². The molecule has 8 heteroatoms. The van der Waals surface area contributed by atoms with Crippen molar-refractivity contribution in [2.45, 2.75) is 0 Å². The molecule has 1 heterocycles. The van der Waals surface area contributed by atoms with E-state index in [-0.39, 0.29) is 17.1 Å². The minimum absolute atomic E-state index is 0.0872. The molecule has 0 saturated heterocycles. The van der Waals surface area contributed by atoms with Crippen molar-refractivity contribution in [2.24, 2.45) is 11.5 Å². The molecule has 0 aliphatic rings. The average Bonchev–Trinajstić information content (AvgIpc) is 2.98. The van der Waals surface area contributed by atoms with Crippen molar-refractivity contribution >= 4 is 17.6 Å². The number of aromatic nitrogens is 2. The summed E-state index contributed by atoms with van der Waals surface area (Å²) < 4.78 is 1.41. The van der Waals surface area contributed by atoms with Gasteiger partial charge in [0, 0.05) is 0 Å². The van der Waals surface area contributed by atoms with Crippen molar-refractivity contribution < 1.29 is 14.7 Å². The van der Waals surface area contributed by atoms with Crippen LogP contribution in [0.1, 0.15) is 10.5 Å². The zero-order chi connectivity index (χ0) is 18.0. The second-order valence-electron chi connectivity index (χ2n) is 5.29. The number of urea groups is 1. The third-order valence-electron chi connectivity index (χ3n) is 3.52. The van der Waals surface area contributed by atoms with Gasteiger partial charge in [0.2, 0.25) is 0 Å². The summed E-state index contributed by atoms with van der Waals surface area (Å²) in [5.74, 6) is -0.596. The Hall–Kier alpha value is -3.81. The lowest BCUT2D eigenvalue weighted by atomic mass is 10.1. The SMILES string of the molecule is NC(=O)Nc1cn(-c2ccc(-c3cccc(O)c3)cc2)nc1C(N)=O. The maximum absolute atomic E-state index is 11.4. The number of nitrogens with one attached hydrogen (secondary N) is 1. The molecule has 3 aromatic rings. The molecule has 6 N–H and O–H groups in total. The van der Waals surface area contributed by atoms with Crippen LogP contribution in [0.5, 0.6) is 5.75 Å². The molecular formula is C17H15N5O3. The van der Waals surface area contributed by atoms with Gasteiger partial charge in [0.05, 0.1) is 17.6 Å². The molecule has 1 aromatic heterocycles. The van der Waals surface area contributed by atoms with Crippen LogP contribution >= 0.6 is 0 Å². The van der Waals surface area contributed by atoms with Crippen LogP contribution in [0.25, 0.3) is 16.8 Å². The average molecular weight is 337 g/mol. The normalized spacial score (nSPS) is 10.4. The van der Waals surface area contributed by atoms with Crippen LogP contribution in [-0.4, -0.2) is 26.8 Å². The number of phenolic OH excluding ortho intramolecular Hbond substituents is 1. The Bertz CT molecular complexity index is 947. The van der Waals surface area contributed by atoms with Crippen LogP contribution < -0.4 is 16.8 Å². The van der Waals surface area contributed by atoms with Crippen molar-refractivity contribution in [3.63, 3.8) is 0 Å². The largest absolute Gasteiger partial charge is 0.508 e. The highest BCUT2D eigenvalue weighted by Crippen LogP contribution is 2.25. The van der Waals surface area contributed by atoms with Crippen molar-refractivity contribution in [2.75, 3.05) is 5.32 Å². The number of rotatable bonds is 4. The van der Waals surface area contributed by atoms with Crippen LogP contribution in [-0.2, 0) is 0 Å². The van der Waals surface area contributed by atoms with Crippen molar-refractivity contribution in [3.05, 3.63) is 60.4 Å². The van der Waals surface area contributed by atoms with E-state index in [1.807, 2.05) is 18.2 Å². The number of hydrogen-bond donors (Lipinski definition) is 4. The topological polar surface area (TPSA) is 136 Å². The summed E-state index contributed by atoms with van der Waals surface area (Å²) in [6.45, 7) is 0. The molecule has 0 atom stereocenters. The van der Waals surface area contributed by atoms with Gasteiger partial charge in [-0.2, -0.15) is 5.10 Å². The van der Waals surface area contributed by atoms with E-state index in [2.05, 4.69) is 10.4 Å². The van der Waals surface area contributed by atoms with E-state index in [9.17, 15) is 14.7 Å². The van der Waals surface area contributed by atoms with E-state index in [0.29, 0.717) is 5.69 Å². The lowest BCUT2D eigenvalue weighted by Gasteiger charge is -2.05. The Morgan fingerprint density at radius 3 is 2.36 bits per heavy atom. The number of benzene rings is 2. The van der Waals surface area contributed by atoms with E-state index in [4.69, 9.17) is 11.5 Å². The van der Waals surface area contributed by atoms with Gasteiger partial charge in [-0.25, -0.2) is 9.48 Å². The summed E-state index contributed by atoms with van der Waals surface area (Å²) in [6, 6.07) is 13.3. The van der Waals surface area contributed by atoms with Gasteiger partial charge < -0.3 is 21.9 Å². The predicted molar refractivity (Wildman–Crippen MR) is 92.4 cm³/mol. The molecule has 0 aliphatic heterocycles. The first-order chi connectivity index (χ1) is 11.9. The molecule has 25 heavy (non-hydrogen) atoms. The van der Waals surface area contributed by atoms with E-state index in [1.54, 1.807) is 30.3 Å². The Labute approximate surface area is 142 Å². The second kappa shape index (κ2) is 6.36. The number of primary amides is 2. The number of hydrogen-bond acceptors (Lipinski definition) is 4. The zero-order valence-electron chi connectivity index (χ0n) is 13.0. The van der Waals surface area contributed by atoms with Gasteiger partial charge in [-0.3, -0.25) is 4.79 Å². The Morgan fingerprint density at radius 1 is 1.04 bits per heavy atom. The molecule has 0 radical (unpaired) electrons. The number of anilines is 1. The number of nitrogens with zero attached hydrogens (tertiary/aromatic N) is 2. The highest BCUT2D eigenvalue weighted by atomic mass is 16.3. The third kappa shape index (κ3) is 3.42. The van der Waals surface area contributed by atoms with Gasteiger partial charge in [-0.15, -0.1) is 0 Å². The van der Waals surface area contributed by atoms with E-state index < -0.39 is 11.9 Å². The number of carbonyl (C=O) groups excluding carboxylic acids is 2. The predicted octanol–water partition coefficient (Wildman–Crippen LogP) is 1.83. The summed E-state index contributed by atoms with van der Waals surface area (Å²) in [6.07, 6.45) is 1.45. The highest BCUT2D eigenvalue weighted by Gasteiger charge is 2.16. The van der Waals surface area contributed by atoms with Crippen molar-refractivity contribution in [3.8, 4) is 22.6 Å². The lowest BCUT2D eigenvalue weighted by Crippen LogP contribution is -2.22. The molecule has 3 rings (SSSR count). The maximum Gasteiger partial charge on any atom is 0.316 e. The van der Waals surface area contributed by atoms with Crippen LogP contribution in [0.2, 0.25) is 0 Å². The first-order valence-electron chi connectivity index (χ1n) is 7.30. The summed E-state index contributed by atoms with van der Waals surface area (Å²) >= 11 is 0. The third-order valence-corrected chi connectivity index (χ3v) is 3.52. The van der Waals surface area contributed by atoms with Gasteiger partial charge >= 0.3 is 6.03 Å². The van der Waals surface area contributed by atoms with Crippen LogP contribution in [0.3, 0.4) is 0 Å². The minimum Gasteiger partial charge on any atom is -0.508 e. The zero-order valence-corrected chi connectivity index (χ0v) is 13.0. The number of amides is 3. The fourth-order valence-electron chi connectivity index (χ4n) is 2.40. The molecular weight excluding hydrogens is 322 g/mol. The maximum atomic E-state index is 11.4. The van der Waals surface area contributed by atoms with Gasteiger partial charge in [0.25, 0.3) is 5.91 Å². The summed E-state index contributed by atoms with van der Waals surface area (Å²) in [5, 5.41) is 16.0. The van der Waals surface area contributed by atoms with E-state index in [1.165, 1.54) is 10.9 Å². The smallest absolute Gasteiger partial charge is 0.316 e. The lowest BCUT2D eigenvalue weighted by molar-refractivity contribution is 0.0996. The molecule has 126 valence electrons. The molecule has 8 nitrogen and oxygen atoms in total. The fraction of sp³-hybridized carbons (Fsp3) is 0. The summed E-state index contributed by atoms with van der Waals surface area (Å²) in [5.41, 5.74) is 12.8. The first-order valence-corrected chi connectivity index (χ1v) is 7.30. The second-order valence-corrected chi connectivity index (χ2v) is 5.29. The number of aromatic hydroxyl groups is 1. The molecule has 0 spiro atoms. The Kier molecular flexibility index (Phi) is 4.09. The van der Waals surface area contributed by atoms with Crippen LogP contribution in [0.4, 0.5) is 10.5 Å². The number of phenols is 1. The quantitative estimate of drug-likeness (QED) is 0.577. The molecule has 0 fully saturated rings. The number of nitrogens with two attached hydrogens (primary N) is 2. The van der Waals surface area contributed by atoms with Crippen LogP contribution in [0, 0.1) is 0 Å². The Morgan fingerprint density at radius 2 is 1.76 bits per heavy atom. The molecule has 0 saturated carbocycles. The molecule has 0 unspecified atom stereocenters. The van der Waals surface area contributed by atoms with Gasteiger partial charge in [-0.05, 0) is 35.4 Å². The standard InChI is InChI=1S/C17H15N5O3/c18-16(24)15-14(20-17(19)25)9-22(21-15)12-6-4-10(5-7-12)11-2-1-3-13(23)8-11/h1-9,23H,(H2,18,24)(H3,19,20,25). The summed E-state index contributed by atoms with van der Waals surface area (Å²) in [7, 11) is 0.